The van der Waals surface area contributed by atoms with Crippen LogP contribution in [0.25, 0.3) is 0 Å². The van der Waals surface area contributed by atoms with Gasteiger partial charge < -0.3 is 15.5 Å². The van der Waals surface area contributed by atoms with E-state index in [0.29, 0.717) is 13.0 Å². The lowest BCUT2D eigenvalue weighted by Gasteiger charge is -2.29. The van der Waals surface area contributed by atoms with Gasteiger partial charge in [0.25, 0.3) is 0 Å². The van der Waals surface area contributed by atoms with E-state index in [9.17, 15) is 4.79 Å². The summed E-state index contributed by atoms with van der Waals surface area (Å²) in [5.41, 5.74) is 3.71. The fourth-order valence-corrected chi connectivity index (χ4v) is 4.39. The Labute approximate surface area is 200 Å². The lowest BCUT2D eigenvalue weighted by atomic mass is 9.99. The zero-order chi connectivity index (χ0) is 20.6. The highest BCUT2D eigenvalue weighted by molar-refractivity contribution is 14.0. The van der Waals surface area contributed by atoms with Crippen molar-refractivity contribution in [3.63, 3.8) is 0 Å². The van der Waals surface area contributed by atoms with Gasteiger partial charge >= 0.3 is 0 Å². The average molecular weight is 542 g/mol. The largest absolute Gasteiger partial charge is 0.357 e. The number of fused-ring (bicyclic) bond motifs is 1. The van der Waals surface area contributed by atoms with Crippen molar-refractivity contribution in [3.8, 4) is 0 Å². The van der Waals surface area contributed by atoms with E-state index in [1.54, 1.807) is 11.3 Å². The molecule has 0 fully saturated rings. The summed E-state index contributed by atoms with van der Waals surface area (Å²) in [6.07, 6.45) is 2.30. The van der Waals surface area contributed by atoms with Crippen LogP contribution in [0.5, 0.6) is 0 Å². The van der Waals surface area contributed by atoms with Gasteiger partial charge in [0, 0.05) is 37.5 Å². The lowest BCUT2D eigenvalue weighted by molar-refractivity contribution is -0.132. The number of guanidine groups is 1. The first-order chi connectivity index (χ1) is 14.1. The van der Waals surface area contributed by atoms with E-state index < -0.39 is 0 Å². The number of nitrogens with zero attached hydrogens (tertiary/aromatic N) is 3. The molecule has 0 spiro atoms. The van der Waals surface area contributed by atoms with E-state index in [-0.39, 0.29) is 29.9 Å². The van der Waals surface area contributed by atoms with Crippen molar-refractivity contribution in [1.29, 1.82) is 0 Å². The molecule has 0 radical (unpaired) electrons. The van der Waals surface area contributed by atoms with Crippen LogP contribution in [0.2, 0.25) is 0 Å². The number of amides is 1. The highest BCUT2D eigenvalue weighted by Gasteiger charge is 2.19. The molecule has 1 aromatic heterocycles. The van der Waals surface area contributed by atoms with Crippen LogP contribution in [0.15, 0.2) is 29.3 Å². The molecule has 1 aliphatic heterocycles. The Morgan fingerprint density at radius 2 is 2.00 bits per heavy atom. The fraction of sp³-hybridized carbons (Fsp3) is 0.500. The van der Waals surface area contributed by atoms with E-state index in [2.05, 4.69) is 45.7 Å². The maximum absolute atomic E-state index is 12.6. The number of halogens is 1. The van der Waals surface area contributed by atoms with Crippen LogP contribution < -0.4 is 10.6 Å². The smallest absolute Gasteiger partial charge is 0.222 e. The predicted molar refractivity (Wildman–Crippen MR) is 135 cm³/mol. The number of carbonyl (C=O) groups is 1. The number of rotatable bonds is 7. The van der Waals surface area contributed by atoms with E-state index in [1.807, 2.05) is 24.8 Å². The average Bonchev–Trinajstić information content (AvgIpc) is 3.05. The summed E-state index contributed by atoms with van der Waals surface area (Å²) in [7, 11) is 0. The second kappa shape index (κ2) is 12.2. The number of nitrogens with one attached hydrogen (secondary N) is 2. The standard InChI is InChI=1S/C22H31N5OS.HI/c1-4-23-22(25-14-20-16(2)26-17(3)29-20)24-12-7-10-21(28)27-13-11-18-8-5-6-9-19(18)15-27;/h5-6,8-9H,4,7,10-15H2,1-3H3,(H2,23,24,25);1H. The molecule has 6 nitrogen and oxygen atoms in total. The number of aryl methyl sites for hydroxylation is 2. The predicted octanol–water partition coefficient (Wildman–Crippen LogP) is 3.80. The second-order valence-electron chi connectivity index (χ2n) is 7.30. The molecule has 2 N–H and O–H groups in total. The number of carbonyl (C=O) groups excluding carboxylic acids is 1. The first kappa shape index (κ1) is 24.6. The zero-order valence-electron chi connectivity index (χ0n) is 18.0. The van der Waals surface area contributed by atoms with Crippen molar-refractivity contribution >= 4 is 47.2 Å². The lowest BCUT2D eigenvalue weighted by Crippen LogP contribution is -2.39. The van der Waals surface area contributed by atoms with Gasteiger partial charge in [-0.3, -0.25) is 4.79 Å². The molecule has 1 aromatic carbocycles. The van der Waals surface area contributed by atoms with Crippen molar-refractivity contribution < 1.29 is 4.79 Å². The minimum atomic E-state index is 0. The minimum absolute atomic E-state index is 0. The van der Waals surface area contributed by atoms with Crippen molar-refractivity contribution in [2.45, 2.75) is 53.1 Å². The topological polar surface area (TPSA) is 69.6 Å². The van der Waals surface area contributed by atoms with Crippen LogP contribution in [0.3, 0.4) is 0 Å². The molecule has 164 valence electrons. The Morgan fingerprint density at radius 3 is 2.70 bits per heavy atom. The van der Waals surface area contributed by atoms with Gasteiger partial charge in [0.1, 0.15) is 0 Å². The summed E-state index contributed by atoms with van der Waals surface area (Å²) in [5, 5.41) is 7.69. The van der Waals surface area contributed by atoms with Gasteiger partial charge in [0.2, 0.25) is 5.91 Å². The second-order valence-corrected chi connectivity index (χ2v) is 8.59. The molecule has 0 atom stereocenters. The summed E-state index contributed by atoms with van der Waals surface area (Å²) in [5.74, 6) is 1.02. The van der Waals surface area contributed by atoms with Crippen LogP contribution in [-0.4, -0.2) is 41.4 Å². The first-order valence-electron chi connectivity index (χ1n) is 10.4. The molecule has 0 saturated carbocycles. The highest BCUT2D eigenvalue weighted by atomic mass is 127. The summed E-state index contributed by atoms with van der Waals surface area (Å²) in [4.78, 5) is 24.9. The Balaban J connectivity index is 0.00000320. The molecule has 0 bridgehead atoms. The van der Waals surface area contributed by atoms with Crippen LogP contribution in [0.1, 0.15) is 46.5 Å². The number of aliphatic imine (C=N–C) groups is 1. The normalized spacial score (nSPS) is 13.4. The Kier molecular flexibility index (Phi) is 10.0. The van der Waals surface area contributed by atoms with E-state index >= 15 is 0 Å². The van der Waals surface area contributed by atoms with Gasteiger partial charge in [-0.2, -0.15) is 0 Å². The molecule has 2 aromatic rings. The number of benzene rings is 1. The molecule has 8 heteroatoms. The summed E-state index contributed by atoms with van der Waals surface area (Å²) >= 11 is 1.69. The monoisotopic (exact) mass is 541 g/mol. The number of thiazole rings is 1. The SMILES string of the molecule is CCNC(=NCc1sc(C)nc1C)NCCCC(=O)N1CCc2ccccc2C1.I. The maximum atomic E-state index is 12.6. The van der Waals surface area contributed by atoms with Gasteiger partial charge in [-0.15, -0.1) is 35.3 Å². The highest BCUT2D eigenvalue weighted by Crippen LogP contribution is 2.19. The van der Waals surface area contributed by atoms with Crippen LogP contribution in [0.4, 0.5) is 0 Å². The molecule has 1 aliphatic rings. The molecule has 0 aliphatic carbocycles. The molecule has 0 saturated heterocycles. The third kappa shape index (κ3) is 6.94. The van der Waals surface area contributed by atoms with Crippen molar-refractivity contribution in [3.05, 3.63) is 51.0 Å². The number of hydrogen-bond acceptors (Lipinski definition) is 4. The van der Waals surface area contributed by atoms with Gasteiger partial charge in [-0.25, -0.2) is 9.98 Å². The minimum Gasteiger partial charge on any atom is -0.357 e. The maximum Gasteiger partial charge on any atom is 0.222 e. The van der Waals surface area contributed by atoms with Crippen molar-refractivity contribution in [2.75, 3.05) is 19.6 Å². The Morgan fingerprint density at radius 1 is 1.23 bits per heavy atom. The molecular formula is C22H32IN5OS. The van der Waals surface area contributed by atoms with E-state index in [1.165, 1.54) is 16.0 Å². The molecular weight excluding hydrogens is 509 g/mol. The molecule has 30 heavy (non-hydrogen) atoms. The fourth-order valence-electron chi connectivity index (χ4n) is 3.53. The van der Waals surface area contributed by atoms with Gasteiger partial charge in [0.05, 0.1) is 17.2 Å². The van der Waals surface area contributed by atoms with Gasteiger partial charge in [-0.05, 0) is 44.7 Å². The number of aromatic nitrogens is 1. The zero-order valence-corrected chi connectivity index (χ0v) is 21.2. The van der Waals surface area contributed by atoms with Crippen molar-refractivity contribution in [1.82, 2.24) is 20.5 Å². The summed E-state index contributed by atoms with van der Waals surface area (Å²) in [6.45, 7) is 9.81. The number of hydrogen-bond donors (Lipinski definition) is 2. The quantitative estimate of drug-likeness (QED) is 0.242. The van der Waals surface area contributed by atoms with Crippen LogP contribution in [-0.2, 0) is 24.3 Å². The molecule has 0 unspecified atom stereocenters. The molecule has 3 rings (SSSR count). The summed E-state index contributed by atoms with van der Waals surface area (Å²) in [6, 6.07) is 8.41. The van der Waals surface area contributed by atoms with Gasteiger partial charge in [0.15, 0.2) is 5.96 Å². The van der Waals surface area contributed by atoms with Crippen molar-refractivity contribution in [2.24, 2.45) is 4.99 Å². The Bertz CT molecular complexity index is 867. The van der Waals surface area contributed by atoms with E-state index in [4.69, 9.17) is 0 Å². The third-order valence-electron chi connectivity index (χ3n) is 5.07. The van der Waals surface area contributed by atoms with Crippen LogP contribution >= 0.6 is 35.3 Å². The Hall–Kier alpha value is -1.68. The van der Waals surface area contributed by atoms with Crippen LogP contribution in [0, 0.1) is 13.8 Å². The first-order valence-corrected chi connectivity index (χ1v) is 11.2. The third-order valence-corrected chi connectivity index (χ3v) is 6.13. The molecule has 2 heterocycles. The van der Waals surface area contributed by atoms with E-state index in [0.717, 1.165) is 55.7 Å². The van der Waals surface area contributed by atoms with Gasteiger partial charge in [-0.1, -0.05) is 24.3 Å². The summed E-state index contributed by atoms with van der Waals surface area (Å²) < 4.78 is 0. The molecule has 1 amide bonds.